The highest BCUT2D eigenvalue weighted by Gasteiger charge is 2.37. The van der Waals surface area contributed by atoms with E-state index in [-0.39, 0.29) is 11.6 Å². The van der Waals surface area contributed by atoms with Crippen LogP contribution < -0.4 is 5.32 Å². The average Bonchev–Trinajstić information content (AvgIpc) is 2.78. The first-order valence-electron chi connectivity index (χ1n) is 6.70. The zero-order valence-electron chi connectivity index (χ0n) is 10.5. The van der Waals surface area contributed by atoms with Gasteiger partial charge in [0.15, 0.2) is 0 Å². The first-order chi connectivity index (χ1) is 8.27. The fourth-order valence-corrected chi connectivity index (χ4v) is 3.04. The van der Waals surface area contributed by atoms with Gasteiger partial charge in [-0.2, -0.15) is 0 Å². The highest BCUT2D eigenvalue weighted by atomic mass is 16.5. The Morgan fingerprint density at radius 2 is 2.06 bits per heavy atom. The number of nitrogens with one attached hydrogen (secondary N) is 1. The van der Waals surface area contributed by atoms with Gasteiger partial charge in [-0.25, -0.2) is 0 Å². The number of furan rings is 1. The summed E-state index contributed by atoms with van der Waals surface area (Å²) in [5.41, 5.74) is 0.260. The second-order valence-electron chi connectivity index (χ2n) is 5.47. The zero-order valence-corrected chi connectivity index (χ0v) is 10.5. The van der Waals surface area contributed by atoms with Crippen LogP contribution in [-0.2, 0) is 4.74 Å². The third-order valence-electron chi connectivity index (χ3n) is 4.11. The lowest BCUT2D eigenvalue weighted by molar-refractivity contribution is -0.0551. The van der Waals surface area contributed by atoms with Gasteiger partial charge in [0.25, 0.3) is 0 Å². The van der Waals surface area contributed by atoms with Crippen molar-refractivity contribution in [2.45, 2.75) is 50.7 Å². The minimum absolute atomic E-state index is 0.0938. The number of hydrogen-bond donors (Lipinski definition) is 1. The van der Waals surface area contributed by atoms with Crippen LogP contribution in [0.2, 0.25) is 0 Å². The molecule has 0 radical (unpaired) electrons. The van der Waals surface area contributed by atoms with Crippen molar-refractivity contribution >= 4 is 0 Å². The lowest BCUT2D eigenvalue weighted by Crippen LogP contribution is -2.55. The predicted octanol–water partition coefficient (Wildman–Crippen LogP) is 2.95. The molecule has 1 spiro atoms. The molecule has 1 atom stereocenters. The second kappa shape index (κ2) is 4.46. The van der Waals surface area contributed by atoms with Gasteiger partial charge in [-0.05, 0) is 31.9 Å². The van der Waals surface area contributed by atoms with Crippen molar-refractivity contribution < 1.29 is 9.15 Å². The van der Waals surface area contributed by atoms with Crippen molar-refractivity contribution in [2.75, 3.05) is 13.2 Å². The number of aryl methyl sites for hydroxylation is 1. The third-order valence-corrected chi connectivity index (χ3v) is 4.11. The Balaban J connectivity index is 1.63. The average molecular weight is 235 g/mol. The molecule has 1 aromatic heterocycles. The van der Waals surface area contributed by atoms with E-state index in [9.17, 15) is 0 Å². The van der Waals surface area contributed by atoms with E-state index in [2.05, 4.69) is 5.32 Å². The number of hydrogen-bond acceptors (Lipinski definition) is 3. The summed E-state index contributed by atoms with van der Waals surface area (Å²) in [6.07, 6.45) is 6.66. The van der Waals surface area contributed by atoms with Crippen LogP contribution in [-0.4, -0.2) is 18.7 Å². The van der Waals surface area contributed by atoms with E-state index in [0.29, 0.717) is 0 Å². The van der Waals surface area contributed by atoms with Gasteiger partial charge in [0.2, 0.25) is 0 Å². The summed E-state index contributed by atoms with van der Waals surface area (Å²) in [5, 5.41) is 3.71. The van der Waals surface area contributed by atoms with Gasteiger partial charge in [-0.3, -0.25) is 0 Å². The lowest BCUT2D eigenvalue weighted by Gasteiger charge is -2.43. The molecule has 2 aliphatic rings. The van der Waals surface area contributed by atoms with Gasteiger partial charge in [0.1, 0.15) is 17.6 Å². The summed E-state index contributed by atoms with van der Waals surface area (Å²) in [6, 6.07) is 4.03. The van der Waals surface area contributed by atoms with E-state index in [1.165, 1.54) is 32.1 Å². The van der Waals surface area contributed by atoms with Crippen LogP contribution in [0.25, 0.3) is 0 Å². The summed E-state index contributed by atoms with van der Waals surface area (Å²) < 4.78 is 11.6. The molecule has 0 aromatic carbocycles. The molecule has 0 bridgehead atoms. The van der Waals surface area contributed by atoms with Gasteiger partial charge < -0.3 is 14.5 Å². The van der Waals surface area contributed by atoms with Crippen LogP contribution >= 0.6 is 0 Å². The standard InChI is InChI=1S/C14H21NO2/c1-11-5-6-12(17-11)13-9-15-14(10-16-13)7-3-2-4-8-14/h5-6,13,15H,2-4,7-10H2,1H3. The molecule has 3 heteroatoms. The van der Waals surface area contributed by atoms with Crippen LogP contribution in [0.15, 0.2) is 16.5 Å². The second-order valence-corrected chi connectivity index (χ2v) is 5.47. The molecule has 2 heterocycles. The van der Waals surface area contributed by atoms with Crippen LogP contribution in [0.4, 0.5) is 0 Å². The van der Waals surface area contributed by atoms with Gasteiger partial charge in [0.05, 0.1) is 6.61 Å². The van der Waals surface area contributed by atoms with Crippen molar-refractivity contribution in [3.05, 3.63) is 23.7 Å². The highest BCUT2D eigenvalue weighted by Crippen LogP contribution is 2.34. The molecule has 1 aromatic rings. The van der Waals surface area contributed by atoms with Crippen molar-refractivity contribution in [3.63, 3.8) is 0 Å². The Labute approximate surface area is 103 Å². The van der Waals surface area contributed by atoms with E-state index in [1.54, 1.807) is 0 Å². The van der Waals surface area contributed by atoms with E-state index in [0.717, 1.165) is 24.7 Å². The lowest BCUT2D eigenvalue weighted by atomic mass is 9.81. The first kappa shape index (κ1) is 11.3. The smallest absolute Gasteiger partial charge is 0.134 e. The largest absolute Gasteiger partial charge is 0.464 e. The quantitative estimate of drug-likeness (QED) is 0.812. The minimum Gasteiger partial charge on any atom is -0.464 e. The van der Waals surface area contributed by atoms with E-state index in [1.807, 2.05) is 19.1 Å². The Hall–Kier alpha value is -0.800. The molecule has 0 amide bonds. The predicted molar refractivity (Wildman–Crippen MR) is 66.0 cm³/mol. The Bertz CT molecular complexity index is 369. The molecule has 17 heavy (non-hydrogen) atoms. The monoisotopic (exact) mass is 235 g/mol. The van der Waals surface area contributed by atoms with Crippen LogP contribution in [0.3, 0.4) is 0 Å². The Kier molecular flexibility index (Phi) is 2.97. The van der Waals surface area contributed by atoms with E-state index in [4.69, 9.17) is 9.15 Å². The topological polar surface area (TPSA) is 34.4 Å². The molecule has 1 N–H and O–H groups in total. The number of morpholine rings is 1. The van der Waals surface area contributed by atoms with Gasteiger partial charge in [0, 0.05) is 12.1 Å². The fraction of sp³-hybridized carbons (Fsp3) is 0.714. The molecule has 1 aliphatic heterocycles. The molecule has 1 saturated heterocycles. The highest BCUT2D eigenvalue weighted by molar-refractivity contribution is 5.10. The molecule has 3 rings (SSSR count). The third kappa shape index (κ3) is 2.26. The minimum atomic E-state index is 0.0938. The van der Waals surface area contributed by atoms with Gasteiger partial charge in [-0.1, -0.05) is 19.3 Å². The number of rotatable bonds is 1. The molecular weight excluding hydrogens is 214 g/mol. The first-order valence-corrected chi connectivity index (χ1v) is 6.70. The summed E-state index contributed by atoms with van der Waals surface area (Å²) in [7, 11) is 0. The van der Waals surface area contributed by atoms with Gasteiger partial charge >= 0.3 is 0 Å². The van der Waals surface area contributed by atoms with Gasteiger partial charge in [-0.15, -0.1) is 0 Å². The van der Waals surface area contributed by atoms with Crippen molar-refractivity contribution in [1.82, 2.24) is 5.32 Å². The van der Waals surface area contributed by atoms with Crippen molar-refractivity contribution in [3.8, 4) is 0 Å². The maximum absolute atomic E-state index is 6.01. The zero-order chi connectivity index (χ0) is 11.7. The SMILES string of the molecule is Cc1ccc(C2CNC3(CCCCC3)CO2)o1. The molecule has 1 saturated carbocycles. The van der Waals surface area contributed by atoms with Crippen molar-refractivity contribution in [2.24, 2.45) is 0 Å². The maximum atomic E-state index is 6.01. The van der Waals surface area contributed by atoms with Crippen LogP contribution in [0.1, 0.15) is 49.7 Å². The molecular formula is C14H21NO2. The molecule has 2 fully saturated rings. The van der Waals surface area contributed by atoms with E-state index < -0.39 is 0 Å². The normalized spacial score (nSPS) is 28.4. The van der Waals surface area contributed by atoms with Crippen molar-refractivity contribution in [1.29, 1.82) is 0 Å². The summed E-state index contributed by atoms with van der Waals surface area (Å²) in [6.45, 7) is 3.69. The fourth-order valence-electron chi connectivity index (χ4n) is 3.04. The van der Waals surface area contributed by atoms with E-state index >= 15 is 0 Å². The molecule has 94 valence electrons. The maximum Gasteiger partial charge on any atom is 0.134 e. The number of ether oxygens (including phenoxy) is 1. The molecule has 1 aliphatic carbocycles. The Morgan fingerprint density at radius 3 is 2.65 bits per heavy atom. The Morgan fingerprint density at radius 1 is 1.24 bits per heavy atom. The summed E-state index contributed by atoms with van der Waals surface area (Å²) in [4.78, 5) is 0. The van der Waals surface area contributed by atoms with Crippen LogP contribution in [0, 0.1) is 6.92 Å². The summed E-state index contributed by atoms with van der Waals surface area (Å²) >= 11 is 0. The summed E-state index contributed by atoms with van der Waals surface area (Å²) in [5.74, 6) is 1.92. The van der Waals surface area contributed by atoms with Crippen LogP contribution in [0.5, 0.6) is 0 Å². The molecule has 1 unspecified atom stereocenters. The molecule has 3 nitrogen and oxygen atoms in total.